The molecule has 104 valence electrons. The molecule has 0 fully saturated rings. The predicted molar refractivity (Wildman–Crippen MR) is 73.8 cm³/mol. The van der Waals surface area contributed by atoms with Gasteiger partial charge in [-0.15, -0.1) is 0 Å². The van der Waals surface area contributed by atoms with Gasteiger partial charge in [-0.3, -0.25) is 20.0 Å². The predicted octanol–water partition coefficient (Wildman–Crippen LogP) is 0.490. The summed E-state index contributed by atoms with van der Waals surface area (Å²) >= 11 is 0. The number of nitrogens with one attached hydrogen (secondary N) is 1. The number of rotatable bonds is 3. The second kappa shape index (κ2) is 5.62. The quantitative estimate of drug-likeness (QED) is 0.481. The highest BCUT2D eigenvalue weighted by molar-refractivity contribution is 5.94. The van der Waals surface area contributed by atoms with Gasteiger partial charge in [-0.05, 0) is 32.0 Å². The first kappa shape index (κ1) is 13.9. The molecule has 3 N–H and O–H groups in total. The number of hydrogen-bond donors (Lipinski definition) is 2. The molecule has 7 heteroatoms. The lowest BCUT2D eigenvalue weighted by Gasteiger charge is -2.12. The number of hydrazine groups is 1. The molecular weight excluding hydrogens is 258 g/mol. The van der Waals surface area contributed by atoms with Gasteiger partial charge in [-0.1, -0.05) is 0 Å². The van der Waals surface area contributed by atoms with Crippen LogP contribution in [0.2, 0.25) is 0 Å². The normalized spacial score (nSPS) is 10.6. The third-order valence-electron chi connectivity index (χ3n) is 2.78. The molecule has 0 aliphatic carbocycles. The molecule has 1 amide bonds. The number of carbonyl (C=O) groups excluding carboxylic acids is 1. The Bertz CT molecular complexity index is 679. The number of carbonyl (C=O) groups is 1. The molecule has 0 bridgehead atoms. The molecule has 2 heterocycles. The van der Waals surface area contributed by atoms with Crippen molar-refractivity contribution < 1.29 is 4.79 Å². The molecule has 20 heavy (non-hydrogen) atoms. The van der Waals surface area contributed by atoms with E-state index in [-0.39, 0.29) is 11.6 Å². The van der Waals surface area contributed by atoms with E-state index in [2.05, 4.69) is 10.1 Å². The molecule has 2 aromatic heterocycles. The number of hydrogen-bond acceptors (Lipinski definition) is 5. The van der Waals surface area contributed by atoms with Crippen molar-refractivity contribution >= 4 is 5.91 Å². The van der Waals surface area contributed by atoms with E-state index < -0.39 is 11.5 Å². The van der Waals surface area contributed by atoms with Crippen molar-refractivity contribution in [3.63, 3.8) is 0 Å². The van der Waals surface area contributed by atoms with Crippen LogP contribution >= 0.6 is 0 Å². The van der Waals surface area contributed by atoms with Crippen LogP contribution in [-0.4, -0.2) is 20.7 Å². The van der Waals surface area contributed by atoms with E-state index in [0.717, 1.165) is 5.56 Å². The third-order valence-corrected chi connectivity index (χ3v) is 2.78. The Morgan fingerprint density at radius 1 is 1.35 bits per heavy atom. The number of amides is 1. The summed E-state index contributed by atoms with van der Waals surface area (Å²) in [6.45, 7) is 3.63. The van der Waals surface area contributed by atoms with E-state index in [1.807, 2.05) is 19.3 Å². The number of pyridine rings is 1. The summed E-state index contributed by atoms with van der Waals surface area (Å²) in [5.74, 6) is 4.47. The first-order valence-electron chi connectivity index (χ1n) is 6.09. The van der Waals surface area contributed by atoms with Crippen LogP contribution in [0.4, 0.5) is 0 Å². The van der Waals surface area contributed by atoms with E-state index in [9.17, 15) is 9.59 Å². The Balaban J connectivity index is 2.69. The van der Waals surface area contributed by atoms with Gasteiger partial charge in [0.2, 0.25) is 0 Å². The second-order valence-corrected chi connectivity index (χ2v) is 4.50. The maximum Gasteiger partial charge on any atom is 0.279 e. The Morgan fingerprint density at radius 3 is 2.55 bits per heavy atom. The fraction of sp³-hybridized carbons (Fsp3) is 0.231. The van der Waals surface area contributed by atoms with Gasteiger partial charge >= 0.3 is 0 Å². The van der Waals surface area contributed by atoms with Gasteiger partial charge in [0, 0.05) is 18.0 Å². The zero-order chi connectivity index (χ0) is 14.7. The Labute approximate surface area is 115 Å². The standard InChI is InChI=1S/C13H15N5O2/c1-8(2)18-13(20)10(12(19)16-14)7-11(17-18)9-3-5-15-6-4-9/h3-8H,14H2,1-2H3,(H,16,19). The molecule has 7 nitrogen and oxygen atoms in total. The summed E-state index contributed by atoms with van der Waals surface area (Å²) < 4.78 is 1.26. The van der Waals surface area contributed by atoms with Crippen molar-refractivity contribution in [2.24, 2.45) is 5.84 Å². The van der Waals surface area contributed by atoms with E-state index in [4.69, 9.17) is 5.84 Å². The third kappa shape index (κ3) is 2.57. The number of nitrogens with two attached hydrogens (primary N) is 1. The van der Waals surface area contributed by atoms with Crippen molar-refractivity contribution in [2.45, 2.75) is 19.9 Å². The Morgan fingerprint density at radius 2 is 2.00 bits per heavy atom. The fourth-order valence-electron chi connectivity index (χ4n) is 1.77. The molecule has 0 spiro atoms. The average molecular weight is 273 g/mol. The van der Waals surface area contributed by atoms with E-state index in [1.54, 1.807) is 24.5 Å². The molecule has 0 unspecified atom stereocenters. The first-order valence-corrected chi connectivity index (χ1v) is 6.09. The highest BCUT2D eigenvalue weighted by Crippen LogP contribution is 2.16. The van der Waals surface area contributed by atoms with Crippen LogP contribution in [0.1, 0.15) is 30.2 Å². The minimum atomic E-state index is -0.637. The van der Waals surface area contributed by atoms with Crippen molar-refractivity contribution in [3.8, 4) is 11.3 Å². The van der Waals surface area contributed by atoms with E-state index in [0.29, 0.717) is 5.69 Å². The van der Waals surface area contributed by atoms with Crippen molar-refractivity contribution in [1.29, 1.82) is 0 Å². The minimum absolute atomic E-state index is 0.0389. The van der Waals surface area contributed by atoms with Gasteiger partial charge in [0.05, 0.1) is 11.7 Å². The summed E-state index contributed by atoms with van der Waals surface area (Å²) in [6, 6.07) is 4.76. The molecule has 0 saturated heterocycles. The summed E-state index contributed by atoms with van der Waals surface area (Å²) in [4.78, 5) is 27.8. The molecular formula is C13H15N5O2. The van der Waals surface area contributed by atoms with Crippen LogP contribution in [0, 0.1) is 0 Å². The summed E-state index contributed by atoms with van der Waals surface area (Å²) in [5.41, 5.74) is 2.74. The Hall–Kier alpha value is -2.54. The molecule has 0 aliphatic heterocycles. The summed E-state index contributed by atoms with van der Waals surface area (Å²) in [6.07, 6.45) is 3.23. The highest BCUT2D eigenvalue weighted by atomic mass is 16.2. The second-order valence-electron chi connectivity index (χ2n) is 4.50. The largest absolute Gasteiger partial charge is 0.290 e. The van der Waals surface area contributed by atoms with Crippen LogP contribution in [-0.2, 0) is 0 Å². The molecule has 0 aliphatic rings. The fourth-order valence-corrected chi connectivity index (χ4v) is 1.77. The SMILES string of the molecule is CC(C)n1nc(-c2ccncc2)cc(C(=O)NN)c1=O. The Kier molecular flexibility index (Phi) is 3.90. The lowest BCUT2D eigenvalue weighted by molar-refractivity contribution is 0.0951. The van der Waals surface area contributed by atoms with Crippen LogP contribution in [0.25, 0.3) is 11.3 Å². The molecule has 0 saturated carbocycles. The van der Waals surface area contributed by atoms with E-state index in [1.165, 1.54) is 10.7 Å². The lowest BCUT2D eigenvalue weighted by Crippen LogP contribution is -2.38. The zero-order valence-corrected chi connectivity index (χ0v) is 11.2. The van der Waals surface area contributed by atoms with Gasteiger partial charge in [0.15, 0.2) is 0 Å². The summed E-state index contributed by atoms with van der Waals surface area (Å²) in [7, 11) is 0. The van der Waals surface area contributed by atoms with Crippen LogP contribution < -0.4 is 16.8 Å². The minimum Gasteiger partial charge on any atom is -0.290 e. The van der Waals surface area contributed by atoms with Gasteiger partial charge in [0.1, 0.15) is 5.56 Å². The van der Waals surface area contributed by atoms with Crippen molar-refractivity contribution in [1.82, 2.24) is 20.2 Å². The monoisotopic (exact) mass is 273 g/mol. The number of nitrogen functional groups attached to an aromatic ring is 1. The number of aromatic nitrogens is 3. The molecule has 2 aromatic rings. The van der Waals surface area contributed by atoms with Crippen molar-refractivity contribution in [3.05, 3.63) is 46.5 Å². The maximum atomic E-state index is 12.2. The van der Waals surface area contributed by atoms with Gasteiger partial charge in [0.25, 0.3) is 11.5 Å². The molecule has 0 atom stereocenters. The topological polar surface area (TPSA) is 103 Å². The molecule has 2 rings (SSSR count). The van der Waals surface area contributed by atoms with E-state index >= 15 is 0 Å². The summed E-state index contributed by atoms with van der Waals surface area (Å²) in [5, 5.41) is 4.27. The number of nitrogens with zero attached hydrogens (tertiary/aromatic N) is 3. The lowest BCUT2D eigenvalue weighted by atomic mass is 10.1. The molecule has 0 aromatic carbocycles. The van der Waals surface area contributed by atoms with Crippen LogP contribution in [0.3, 0.4) is 0 Å². The average Bonchev–Trinajstić information content (AvgIpc) is 2.47. The smallest absolute Gasteiger partial charge is 0.279 e. The van der Waals surface area contributed by atoms with Gasteiger partial charge in [-0.2, -0.15) is 5.10 Å². The zero-order valence-electron chi connectivity index (χ0n) is 11.2. The van der Waals surface area contributed by atoms with Gasteiger partial charge in [-0.25, -0.2) is 10.5 Å². The van der Waals surface area contributed by atoms with Crippen molar-refractivity contribution in [2.75, 3.05) is 0 Å². The highest BCUT2D eigenvalue weighted by Gasteiger charge is 2.16. The van der Waals surface area contributed by atoms with Crippen LogP contribution in [0.5, 0.6) is 0 Å². The molecule has 0 radical (unpaired) electrons. The maximum absolute atomic E-state index is 12.2. The van der Waals surface area contributed by atoms with Gasteiger partial charge < -0.3 is 0 Å². The first-order chi connectivity index (χ1) is 9.54. The van der Waals surface area contributed by atoms with Crippen LogP contribution in [0.15, 0.2) is 35.4 Å².